The number of nitrogens with two attached hydrogens (primary N) is 1. The minimum Gasteiger partial charge on any atom is -0.398 e. The van der Waals surface area contributed by atoms with Crippen LogP contribution in [0.4, 0.5) is 10.1 Å². The third kappa shape index (κ3) is 3.52. The summed E-state index contributed by atoms with van der Waals surface area (Å²) >= 11 is 6.08. The molecule has 0 aliphatic heterocycles. The molecule has 21 heavy (non-hydrogen) atoms. The standard InChI is InChI=1S/C16H16ClFN2O/c1-2-20(10-11-5-3-6-12(18)9-11)16(21)13-7-4-8-14(19)15(13)17/h3-9H,2,10,19H2,1H3. The first kappa shape index (κ1) is 15.3. The summed E-state index contributed by atoms with van der Waals surface area (Å²) in [5.41, 5.74) is 7.17. The molecule has 0 aliphatic rings. The molecule has 0 bridgehead atoms. The molecular formula is C16H16ClFN2O. The smallest absolute Gasteiger partial charge is 0.255 e. The van der Waals surface area contributed by atoms with Crippen LogP contribution in [0.1, 0.15) is 22.8 Å². The zero-order valence-electron chi connectivity index (χ0n) is 11.6. The lowest BCUT2D eigenvalue weighted by Gasteiger charge is -2.22. The van der Waals surface area contributed by atoms with Gasteiger partial charge in [-0.1, -0.05) is 29.8 Å². The van der Waals surface area contributed by atoms with Crippen LogP contribution in [0.5, 0.6) is 0 Å². The zero-order chi connectivity index (χ0) is 15.4. The topological polar surface area (TPSA) is 46.3 Å². The fourth-order valence-electron chi connectivity index (χ4n) is 2.07. The molecule has 0 heterocycles. The van der Waals surface area contributed by atoms with Gasteiger partial charge in [-0.05, 0) is 36.8 Å². The van der Waals surface area contributed by atoms with Gasteiger partial charge in [-0.15, -0.1) is 0 Å². The van der Waals surface area contributed by atoms with E-state index in [0.29, 0.717) is 24.3 Å². The van der Waals surface area contributed by atoms with Crippen LogP contribution >= 0.6 is 11.6 Å². The van der Waals surface area contributed by atoms with Crippen LogP contribution in [0.2, 0.25) is 5.02 Å². The third-order valence-electron chi connectivity index (χ3n) is 3.19. The van der Waals surface area contributed by atoms with Crippen LogP contribution in [-0.2, 0) is 6.54 Å². The van der Waals surface area contributed by atoms with E-state index in [2.05, 4.69) is 0 Å². The Morgan fingerprint density at radius 1 is 1.29 bits per heavy atom. The number of hydrogen-bond acceptors (Lipinski definition) is 2. The van der Waals surface area contributed by atoms with Gasteiger partial charge in [0.1, 0.15) is 5.82 Å². The second-order valence-electron chi connectivity index (χ2n) is 4.66. The van der Waals surface area contributed by atoms with Gasteiger partial charge >= 0.3 is 0 Å². The lowest BCUT2D eigenvalue weighted by molar-refractivity contribution is 0.0752. The molecule has 0 atom stereocenters. The average Bonchev–Trinajstić information content (AvgIpc) is 2.47. The predicted octanol–water partition coefficient (Wildman–Crippen LogP) is 3.72. The van der Waals surface area contributed by atoms with Crippen LogP contribution in [0.3, 0.4) is 0 Å². The minimum absolute atomic E-state index is 0.223. The van der Waals surface area contributed by atoms with Gasteiger partial charge in [0.05, 0.1) is 16.3 Å². The summed E-state index contributed by atoms with van der Waals surface area (Å²) in [6.45, 7) is 2.66. The maximum Gasteiger partial charge on any atom is 0.255 e. The largest absolute Gasteiger partial charge is 0.398 e. The number of amides is 1. The summed E-state index contributed by atoms with van der Waals surface area (Å²) in [4.78, 5) is 14.1. The number of anilines is 1. The van der Waals surface area contributed by atoms with E-state index in [-0.39, 0.29) is 16.7 Å². The average molecular weight is 307 g/mol. The molecule has 0 aliphatic carbocycles. The molecule has 1 amide bonds. The van der Waals surface area contributed by atoms with E-state index in [9.17, 15) is 9.18 Å². The third-order valence-corrected chi connectivity index (χ3v) is 3.61. The molecule has 0 saturated heterocycles. The van der Waals surface area contributed by atoms with Crippen molar-refractivity contribution in [1.29, 1.82) is 0 Å². The number of carbonyl (C=O) groups is 1. The SMILES string of the molecule is CCN(Cc1cccc(F)c1)C(=O)c1cccc(N)c1Cl. The Hall–Kier alpha value is -2.07. The monoisotopic (exact) mass is 306 g/mol. The lowest BCUT2D eigenvalue weighted by atomic mass is 10.1. The number of hydrogen-bond donors (Lipinski definition) is 1. The zero-order valence-corrected chi connectivity index (χ0v) is 12.4. The van der Waals surface area contributed by atoms with E-state index in [1.807, 2.05) is 6.92 Å². The van der Waals surface area contributed by atoms with Crippen molar-refractivity contribution >= 4 is 23.2 Å². The summed E-state index contributed by atoms with van der Waals surface area (Å²) in [5.74, 6) is -0.544. The van der Waals surface area contributed by atoms with E-state index < -0.39 is 0 Å². The van der Waals surface area contributed by atoms with E-state index in [4.69, 9.17) is 17.3 Å². The van der Waals surface area contributed by atoms with Crippen molar-refractivity contribution in [2.24, 2.45) is 0 Å². The Kier molecular flexibility index (Phi) is 4.81. The molecule has 3 nitrogen and oxygen atoms in total. The minimum atomic E-state index is -0.321. The van der Waals surface area contributed by atoms with Gasteiger partial charge in [0.2, 0.25) is 0 Å². The summed E-state index contributed by atoms with van der Waals surface area (Å²) < 4.78 is 13.2. The van der Waals surface area contributed by atoms with Crippen molar-refractivity contribution in [1.82, 2.24) is 4.90 Å². The molecule has 2 rings (SSSR count). The van der Waals surface area contributed by atoms with Gasteiger partial charge in [-0.3, -0.25) is 4.79 Å². The Labute approximate surface area is 128 Å². The Bertz CT molecular complexity index is 660. The number of nitrogen functional groups attached to an aromatic ring is 1. The molecule has 0 spiro atoms. The molecule has 2 aromatic rings. The van der Waals surface area contributed by atoms with Crippen molar-refractivity contribution in [3.05, 3.63) is 64.4 Å². The molecule has 110 valence electrons. The van der Waals surface area contributed by atoms with Crippen LogP contribution in [0, 0.1) is 5.82 Å². The van der Waals surface area contributed by atoms with E-state index >= 15 is 0 Å². The maximum absolute atomic E-state index is 13.2. The molecular weight excluding hydrogens is 291 g/mol. The highest BCUT2D eigenvalue weighted by molar-refractivity contribution is 6.36. The van der Waals surface area contributed by atoms with Gasteiger partial charge in [0.25, 0.3) is 5.91 Å². The summed E-state index contributed by atoms with van der Waals surface area (Å²) in [6, 6.07) is 11.1. The van der Waals surface area contributed by atoms with Gasteiger partial charge in [0.15, 0.2) is 0 Å². The van der Waals surface area contributed by atoms with Crippen LogP contribution in [0.15, 0.2) is 42.5 Å². The number of nitrogens with zero attached hydrogens (tertiary/aromatic N) is 1. The Morgan fingerprint density at radius 3 is 2.67 bits per heavy atom. The maximum atomic E-state index is 13.2. The van der Waals surface area contributed by atoms with Crippen molar-refractivity contribution in [2.45, 2.75) is 13.5 Å². The van der Waals surface area contributed by atoms with Gasteiger partial charge in [0, 0.05) is 13.1 Å². The molecule has 5 heteroatoms. The summed E-state index contributed by atoms with van der Waals surface area (Å²) in [7, 11) is 0. The number of rotatable bonds is 4. The van der Waals surface area contributed by atoms with Crippen molar-refractivity contribution < 1.29 is 9.18 Å². The first-order chi connectivity index (χ1) is 10.0. The van der Waals surface area contributed by atoms with Crippen LogP contribution in [0.25, 0.3) is 0 Å². The lowest BCUT2D eigenvalue weighted by Crippen LogP contribution is -2.30. The summed E-state index contributed by atoms with van der Waals surface area (Å²) in [5, 5.41) is 0.250. The highest BCUT2D eigenvalue weighted by atomic mass is 35.5. The highest BCUT2D eigenvalue weighted by Gasteiger charge is 2.18. The first-order valence-corrected chi connectivity index (χ1v) is 6.98. The molecule has 0 unspecified atom stereocenters. The van der Waals surface area contributed by atoms with Crippen LogP contribution in [-0.4, -0.2) is 17.4 Å². The fourth-order valence-corrected chi connectivity index (χ4v) is 2.28. The highest BCUT2D eigenvalue weighted by Crippen LogP contribution is 2.24. The van der Waals surface area contributed by atoms with Crippen LogP contribution < -0.4 is 5.73 Å². The first-order valence-electron chi connectivity index (χ1n) is 6.60. The summed E-state index contributed by atoms with van der Waals surface area (Å²) in [6.07, 6.45) is 0. The van der Waals surface area contributed by atoms with Gasteiger partial charge < -0.3 is 10.6 Å². The number of benzene rings is 2. The van der Waals surface area contributed by atoms with Crippen molar-refractivity contribution in [3.8, 4) is 0 Å². The molecule has 0 fully saturated rings. The normalized spacial score (nSPS) is 10.4. The molecule has 2 aromatic carbocycles. The Morgan fingerprint density at radius 2 is 2.00 bits per heavy atom. The quantitative estimate of drug-likeness (QED) is 0.875. The molecule has 0 saturated carbocycles. The van der Waals surface area contributed by atoms with Gasteiger partial charge in [-0.25, -0.2) is 4.39 Å². The fraction of sp³-hybridized carbons (Fsp3) is 0.188. The van der Waals surface area contributed by atoms with E-state index in [1.54, 1.807) is 35.2 Å². The second-order valence-corrected chi connectivity index (χ2v) is 5.04. The molecule has 2 N–H and O–H groups in total. The van der Waals surface area contributed by atoms with E-state index in [0.717, 1.165) is 5.56 Å². The number of halogens is 2. The molecule has 0 aromatic heterocycles. The predicted molar refractivity (Wildman–Crippen MR) is 82.7 cm³/mol. The second kappa shape index (κ2) is 6.59. The van der Waals surface area contributed by atoms with E-state index in [1.165, 1.54) is 12.1 Å². The van der Waals surface area contributed by atoms with Gasteiger partial charge in [-0.2, -0.15) is 0 Å². The van der Waals surface area contributed by atoms with Crippen molar-refractivity contribution in [2.75, 3.05) is 12.3 Å². The Balaban J connectivity index is 2.25. The van der Waals surface area contributed by atoms with Crippen molar-refractivity contribution in [3.63, 3.8) is 0 Å². The molecule has 0 radical (unpaired) electrons. The number of carbonyl (C=O) groups excluding carboxylic acids is 1.